The summed E-state index contributed by atoms with van der Waals surface area (Å²) in [4.78, 5) is 0. The molecule has 0 saturated heterocycles. The third kappa shape index (κ3) is 4.82. The Morgan fingerprint density at radius 2 is 1.65 bits per heavy atom. The van der Waals surface area contributed by atoms with Crippen LogP contribution in [0.15, 0.2) is 78.9 Å². The van der Waals surface area contributed by atoms with Gasteiger partial charge in [-0.15, -0.1) is 6.07 Å². The summed E-state index contributed by atoms with van der Waals surface area (Å²) < 4.78 is 0. The molecule has 0 aliphatic heterocycles. The van der Waals surface area contributed by atoms with E-state index in [0.29, 0.717) is 0 Å². The fourth-order valence-corrected chi connectivity index (χ4v) is 1.65. The maximum Gasteiger partial charge on any atom is 2.00 e. The third-order valence-corrected chi connectivity index (χ3v) is 2.58. The zero-order valence-electron chi connectivity index (χ0n) is 10.9. The molecule has 0 fully saturated rings. The van der Waals surface area contributed by atoms with Crippen molar-refractivity contribution in [3.63, 3.8) is 0 Å². The van der Waals surface area contributed by atoms with E-state index in [2.05, 4.69) is 11.2 Å². The fraction of sp³-hybridized carbons (Fsp3) is 0. The monoisotopic (exact) mass is 301 g/mol. The Hall–Kier alpha value is -2.20. The predicted octanol–water partition coefficient (Wildman–Crippen LogP) is 4.53. The van der Waals surface area contributed by atoms with E-state index in [1.165, 1.54) is 0 Å². The molecule has 0 aliphatic carbocycles. The van der Waals surface area contributed by atoms with Gasteiger partial charge in [0.2, 0.25) is 0 Å². The normalized spacial score (nSPS) is 8.55. The molecule has 0 spiro atoms. The Morgan fingerprint density at radius 3 is 2.20 bits per heavy atom. The van der Waals surface area contributed by atoms with Gasteiger partial charge in [-0.2, -0.15) is 36.3 Å². The summed E-state index contributed by atoms with van der Waals surface area (Å²) >= 11 is 0. The van der Waals surface area contributed by atoms with Crippen molar-refractivity contribution in [3.05, 3.63) is 84.4 Å². The number of hydrogen-bond acceptors (Lipinski definition) is 1. The Morgan fingerprint density at radius 1 is 0.950 bits per heavy atom. The van der Waals surface area contributed by atoms with Crippen LogP contribution in [0.1, 0.15) is 5.56 Å². The van der Waals surface area contributed by atoms with Crippen molar-refractivity contribution in [2.75, 3.05) is 5.32 Å². The molecule has 0 radical (unpaired) electrons. The molecule has 1 N–H and O–H groups in total. The summed E-state index contributed by atoms with van der Waals surface area (Å²) in [5.74, 6) is 2.63. The minimum absolute atomic E-state index is 0. The minimum atomic E-state index is 0. The molecule has 0 unspecified atom stereocenters. The van der Waals surface area contributed by atoms with Crippen LogP contribution in [-0.2, 0) is 17.1 Å². The third-order valence-electron chi connectivity index (χ3n) is 2.58. The maximum atomic E-state index is 5.36. The van der Waals surface area contributed by atoms with Crippen molar-refractivity contribution >= 4 is 11.4 Å². The van der Waals surface area contributed by atoms with E-state index in [9.17, 15) is 0 Å². The molecule has 0 saturated carbocycles. The van der Waals surface area contributed by atoms with Crippen LogP contribution in [0.3, 0.4) is 0 Å². The average Bonchev–Trinajstić information content (AvgIpc) is 3.14. The van der Waals surface area contributed by atoms with Gasteiger partial charge in [-0.25, -0.2) is 18.6 Å². The Bertz CT molecular complexity index is 598. The standard InChI is InChI=1S/C13H10N.C5H5.Fe/c1-2-11-7-6-10-13(11)14-12-8-4-3-5-9-12;1-2-4-5-3-1;/h1,3-10,14H;1-5H;/q2*-1;+2. The van der Waals surface area contributed by atoms with Crippen molar-refractivity contribution < 1.29 is 17.1 Å². The number of rotatable bonds is 2. The first-order valence-corrected chi connectivity index (χ1v) is 6.11. The molecule has 0 bridgehead atoms. The van der Waals surface area contributed by atoms with E-state index in [1.54, 1.807) is 0 Å². The van der Waals surface area contributed by atoms with Crippen molar-refractivity contribution in [2.24, 2.45) is 0 Å². The summed E-state index contributed by atoms with van der Waals surface area (Å²) in [5, 5.41) is 3.26. The molecule has 0 aliphatic rings. The average molecular weight is 301 g/mol. The summed E-state index contributed by atoms with van der Waals surface area (Å²) in [6.07, 6.45) is 5.36. The molecule has 20 heavy (non-hydrogen) atoms. The molecule has 3 aromatic carbocycles. The van der Waals surface area contributed by atoms with Gasteiger partial charge in [0.25, 0.3) is 0 Å². The van der Waals surface area contributed by atoms with E-state index in [1.807, 2.05) is 78.9 Å². The van der Waals surface area contributed by atoms with E-state index in [4.69, 9.17) is 6.42 Å². The summed E-state index contributed by atoms with van der Waals surface area (Å²) in [6.45, 7) is 0. The summed E-state index contributed by atoms with van der Waals surface area (Å²) in [6, 6.07) is 25.8. The second-order valence-electron chi connectivity index (χ2n) is 3.95. The summed E-state index contributed by atoms with van der Waals surface area (Å²) in [5.41, 5.74) is 2.93. The zero-order valence-corrected chi connectivity index (χ0v) is 12.0. The van der Waals surface area contributed by atoms with Crippen LogP contribution in [-0.4, -0.2) is 0 Å². The first-order valence-electron chi connectivity index (χ1n) is 6.11. The van der Waals surface area contributed by atoms with Gasteiger partial charge in [0.05, 0.1) is 0 Å². The van der Waals surface area contributed by atoms with Crippen LogP contribution >= 0.6 is 0 Å². The quantitative estimate of drug-likeness (QED) is 0.416. The predicted molar refractivity (Wildman–Crippen MR) is 81.7 cm³/mol. The number of benzene rings is 1. The molecule has 2 heteroatoms. The zero-order chi connectivity index (χ0) is 13.3. The number of terminal acetylenes is 1. The van der Waals surface area contributed by atoms with Crippen molar-refractivity contribution in [3.8, 4) is 12.3 Å². The topological polar surface area (TPSA) is 12.0 Å². The van der Waals surface area contributed by atoms with Crippen molar-refractivity contribution in [1.29, 1.82) is 0 Å². The van der Waals surface area contributed by atoms with Crippen LogP contribution in [0.2, 0.25) is 0 Å². The van der Waals surface area contributed by atoms with E-state index in [0.717, 1.165) is 16.9 Å². The number of nitrogens with one attached hydrogen (secondary N) is 1. The Kier molecular flexibility index (Phi) is 7.00. The number of hydrogen-bond donors (Lipinski definition) is 1. The Labute approximate surface area is 130 Å². The maximum absolute atomic E-state index is 5.36. The van der Waals surface area contributed by atoms with Gasteiger partial charge in [-0.3, -0.25) is 0 Å². The van der Waals surface area contributed by atoms with Crippen LogP contribution in [0.5, 0.6) is 0 Å². The fourth-order valence-electron chi connectivity index (χ4n) is 1.65. The molecule has 1 nitrogen and oxygen atoms in total. The van der Waals surface area contributed by atoms with Gasteiger partial charge in [0.15, 0.2) is 0 Å². The smallest absolute Gasteiger partial charge is 0.372 e. The first kappa shape index (κ1) is 15.9. The molecular weight excluding hydrogens is 286 g/mol. The molecule has 0 heterocycles. The van der Waals surface area contributed by atoms with Gasteiger partial charge < -0.3 is 5.32 Å². The molecule has 0 atom stereocenters. The van der Waals surface area contributed by atoms with Crippen molar-refractivity contribution in [2.45, 2.75) is 0 Å². The van der Waals surface area contributed by atoms with Gasteiger partial charge >= 0.3 is 17.1 Å². The van der Waals surface area contributed by atoms with Crippen LogP contribution in [0, 0.1) is 12.3 Å². The van der Waals surface area contributed by atoms with Gasteiger partial charge in [-0.05, 0) is 23.4 Å². The molecule has 0 amide bonds. The van der Waals surface area contributed by atoms with Gasteiger partial charge in [-0.1, -0.05) is 18.2 Å². The van der Waals surface area contributed by atoms with E-state index in [-0.39, 0.29) is 17.1 Å². The van der Waals surface area contributed by atoms with Gasteiger partial charge in [0.1, 0.15) is 0 Å². The summed E-state index contributed by atoms with van der Waals surface area (Å²) in [7, 11) is 0. The SMILES string of the molecule is C#C[c-]1cccc1Nc1ccccc1.[Fe+2].c1cc[cH-]c1. The molecule has 100 valence electrons. The second-order valence-corrected chi connectivity index (χ2v) is 3.95. The first-order chi connectivity index (χ1) is 9.40. The van der Waals surface area contributed by atoms with Crippen LogP contribution < -0.4 is 5.32 Å². The molecular formula is C18H15FeN. The minimum Gasteiger partial charge on any atom is -0.372 e. The molecule has 0 aromatic heterocycles. The number of para-hydroxylation sites is 1. The van der Waals surface area contributed by atoms with Crippen LogP contribution in [0.4, 0.5) is 11.4 Å². The molecule has 3 rings (SSSR count). The van der Waals surface area contributed by atoms with Crippen LogP contribution in [0.25, 0.3) is 0 Å². The van der Waals surface area contributed by atoms with Gasteiger partial charge in [0, 0.05) is 5.69 Å². The second kappa shape index (κ2) is 8.82. The number of anilines is 2. The largest absolute Gasteiger partial charge is 2.00 e. The van der Waals surface area contributed by atoms with E-state index < -0.39 is 0 Å². The molecule has 3 aromatic rings. The Balaban J connectivity index is 0.000000283. The van der Waals surface area contributed by atoms with E-state index >= 15 is 0 Å². The van der Waals surface area contributed by atoms with Crippen molar-refractivity contribution in [1.82, 2.24) is 0 Å².